The van der Waals surface area contributed by atoms with Crippen molar-refractivity contribution < 1.29 is 9.47 Å². The summed E-state index contributed by atoms with van der Waals surface area (Å²) in [5.41, 5.74) is 1.15. The molecule has 1 rings (SSSR count). The fourth-order valence-electron chi connectivity index (χ4n) is 2.30. The van der Waals surface area contributed by atoms with Crippen LogP contribution in [0.15, 0.2) is 24.3 Å². The van der Waals surface area contributed by atoms with Gasteiger partial charge in [0.25, 0.3) is 0 Å². The van der Waals surface area contributed by atoms with Crippen molar-refractivity contribution in [3.05, 3.63) is 34.9 Å². The Labute approximate surface area is 133 Å². The van der Waals surface area contributed by atoms with E-state index in [0.29, 0.717) is 0 Å². The van der Waals surface area contributed by atoms with Crippen LogP contribution in [-0.4, -0.2) is 59.0 Å². The van der Waals surface area contributed by atoms with Crippen LogP contribution in [0, 0.1) is 0 Å². The zero-order valence-electron chi connectivity index (χ0n) is 13.3. The standard InChI is InChI=1S/C16H27ClN2O2/c1-18-16(14-6-4-5-7-15(14)17)8-9-19(10-12-20-2)11-13-21-3/h4-7,16,18H,8-13H2,1-3H3. The Balaban J connectivity index is 2.56. The summed E-state index contributed by atoms with van der Waals surface area (Å²) in [6.45, 7) is 4.28. The number of ether oxygens (including phenoxy) is 2. The van der Waals surface area contributed by atoms with E-state index in [2.05, 4.69) is 16.3 Å². The molecule has 0 radical (unpaired) electrons. The predicted octanol–water partition coefficient (Wildman–Crippen LogP) is 2.59. The Bertz CT molecular complexity index is 382. The Kier molecular flexibility index (Phi) is 9.63. The summed E-state index contributed by atoms with van der Waals surface area (Å²) in [5.74, 6) is 0. The number of benzene rings is 1. The van der Waals surface area contributed by atoms with E-state index in [-0.39, 0.29) is 6.04 Å². The van der Waals surface area contributed by atoms with Gasteiger partial charge in [0.15, 0.2) is 0 Å². The maximum Gasteiger partial charge on any atom is 0.0589 e. The second kappa shape index (κ2) is 11.0. The second-order valence-corrected chi connectivity index (χ2v) is 5.39. The van der Waals surface area contributed by atoms with Crippen LogP contribution in [0.1, 0.15) is 18.0 Å². The van der Waals surface area contributed by atoms with E-state index in [1.54, 1.807) is 14.2 Å². The van der Waals surface area contributed by atoms with E-state index < -0.39 is 0 Å². The van der Waals surface area contributed by atoms with Crippen molar-refractivity contribution in [1.82, 2.24) is 10.2 Å². The average Bonchev–Trinajstić information content (AvgIpc) is 2.51. The lowest BCUT2D eigenvalue weighted by atomic mass is 10.0. The van der Waals surface area contributed by atoms with Crippen molar-refractivity contribution in [2.45, 2.75) is 12.5 Å². The first-order valence-corrected chi connectivity index (χ1v) is 7.72. The second-order valence-electron chi connectivity index (χ2n) is 4.98. The predicted molar refractivity (Wildman–Crippen MR) is 88.1 cm³/mol. The molecule has 0 amide bonds. The SMILES string of the molecule is CNC(CCN(CCOC)CCOC)c1ccccc1Cl. The fourth-order valence-corrected chi connectivity index (χ4v) is 2.57. The largest absolute Gasteiger partial charge is 0.383 e. The zero-order valence-corrected chi connectivity index (χ0v) is 14.0. The van der Waals surface area contributed by atoms with Gasteiger partial charge < -0.3 is 14.8 Å². The maximum absolute atomic E-state index is 6.29. The smallest absolute Gasteiger partial charge is 0.0589 e. The summed E-state index contributed by atoms with van der Waals surface area (Å²) in [4.78, 5) is 2.36. The summed E-state index contributed by atoms with van der Waals surface area (Å²) < 4.78 is 10.3. The third-order valence-corrected chi connectivity index (χ3v) is 3.93. The number of methoxy groups -OCH3 is 2. The van der Waals surface area contributed by atoms with Crippen LogP contribution in [0.5, 0.6) is 0 Å². The van der Waals surface area contributed by atoms with Crippen LogP contribution in [0.2, 0.25) is 5.02 Å². The van der Waals surface area contributed by atoms with Crippen LogP contribution in [0.3, 0.4) is 0 Å². The lowest BCUT2D eigenvalue weighted by Crippen LogP contribution is -2.33. The Morgan fingerprint density at radius 2 is 1.71 bits per heavy atom. The molecular formula is C16H27ClN2O2. The molecule has 1 aromatic carbocycles. The minimum Gasteiger partial charge on any atom is -0.383 e. The van der Waals surface area contributed by atoms with E-state index in [1.807, 2.05) is 25.2 Å². The van der Waals surface area contributed by atoms with Gasteiger partial charge in [0.05, 0.1) is 13.2 Å². The van der Waals surface area contributed by atoms with Gasteiger partial charge in [-0.2, -0.15) is 0 Å². The van der Waals surface area contributed by atoms with Gasteiger partial charge in [0.1, 0.15) is 0 Å². The molecule has 0 saturated carbocycles. The van der Waals surface area contributed by atoms with Crippen LogP contribution >= 0.6 is 11.6 Å². The van der Waals surface area contributed by atoms with Gasteiger partial charge in [0.2, 0.25) is 0 Å². The summed E-state index contributed by atoms with van der Waals surface area (Å²) in [5, 5.41) is 4.17. The van der Waals surface area contributed by atoms with Crippen LogP contribution < -0.4 is 5.32 Å². The molecular weight excluding hydrogens is 288 g/mol. The first-order chi connectivity index (χ1) is 10.2. The highest BCUT2D eigenvalue weighted by Gasteiger charge is 2.14. The van der Waals surface area contributed by atoms with Crippen molar-refractivity contribution in [2.75, 3.05) is 54.1 Å². The minimum atomic E-state index is 0.256. The van der Waals surface area contributed by atoms with E-state index in [0.717, 1.165) is 49.9 Å². The number of hydrogen-bond donors (Lipinski definition) is 1. The zero-order chi connectivity index (χ0) is 15.5. The number of nitrogens with zero attached hydrogens (tertiary/aromatic N) is 1. The number of rotatable bonds is 11. The molecule has 0 saturated heterocycles. The monoisotopic (exact) mass is 314 g/mol. The van der Waals surface area contributed by atoms with Gasteiger partial charge in [-0.05, 0) is 25.1 Å². The summed E-state index contributed by atoms with van der Waals surface area (Å²) >= 11 is 6.29. The van der Waals surface area contributed by atoms with Gasteiger partial charge >= 0.3 is 0 Å². The van der Waals surface area contributed by atoms with Crippen molar-refractivity contribution in [3.63, 3.8) is 0 Å². The third-order valence-electron chi connectivity index (χ3n) is 3.59. The third kappa shape index (κ3) is 6.76. The summed E-state index contributed by atoms with van der Waals surface area (Å²) in [7, 11) is 5.44. The van der Waals surface area contributed by atoms with Crippen LogP contribution in [-0.2, 0) is 9.47 Å². The van der Waals surface area contributed by atoms with Gasteiger partial charge in [-0.3, -0.25) is 4.90 Å². The van der Waals surface area contributed by atoms with Crippen molar-refractivity contribution in [2.24, 2.45) is 0 Å². The number of halogens is 1. The highest BCUT2D eigenvalue weighted by Crippen LogP contribution is 2.24. The Morgan fingerprint density at radius 3 is 2.24 bits per heavy atom. The molecule has 21 heavy (non-hydrogen) atoms. The van der Waals surface area contributed by atoms with Gasteiger partial charge in [-0.25, -0.2) is 0 Å². The molecule has 0 aliphatic carbocycles. The number of nitrogens with one attached hydrogen (secondary N) is 1. The van der Waals surface area contributed by atoms with Crippen LogP contribution in [0.25, 0.3) is 0 Å². The highest BCUT2D eigenvalue weighted by atomic mass is 35.5. The topological polar surface area (TPSA) is 33.7 Å². The van der Waals surface area contributed by atoms with Gasteiger partial charge in [0, 0.05) is 44.9 Å². The molecule has 0 bridgehead atoms. The molecule has 1 unspecified atom stereocenters. The average molecular weight is 315 g/mol. The molecule has 0 aliphatic heterocycles. The van der Waals surface area contributed by atoms with E-state index in [1.165, 1.54) is 0 Å². The van der Waals surface area contributed by atoms with Crippen LogP contribution in [0.4, 0.5) is 0 Å². The van der Waals surface area contributed by atoms with E-state index in [4.69, 9.17) is 21.1 Å². The van der Waals surface area contributed by atoms with E-state index in [9.17, 15) is 0 Å². The Hall–Kier alpha value is -0.650. The molecule has 1 atom stereocenters. The Morgan fingerprint density at radius 1 is 1.10 bits per heavy atom. The van der Waals surface area contributed by atoms with Gasteiger partial charge in [-0.1, -0.05) is 29.8 Å². The highest BCUT2D eigenvalue weighted by molar-refractivity contribution is 6.31. The van der Waals surface area contributed by atoms with Crippen molar-refractivity contribution in [1.29, 1.82) is 0 Å². The molecule has 0 aliphatic rings. The minimum absolute atomic E-state index is 0.256. The lowest BCUT2D eigenvalue weighted by Gasteiger charge is -2.25. The lowest BCUT2D eigenvalue weighted by molar-refractivity contribution is 0.111. The molecule has 5 heteroatoms. The van der Waals surface area contributed by atoms with Crippen molar-refractivity contribution >= 4 is 11.6 Å². The summed E-state index contributed by atoms with van der Waals surface area (Å²) in [6.07, 6.45) is 0.994. The summed E-state index contributed by atoms with van der Waals surface area (Å²) in [6, 6.07) is 8.26. The first kappa shape index (κ1) is 18.4. The maximum atomic E-state index is 6.29. The number of hydrogen-bond acceptors (Lipinski definition) is 4. The molecule has 1 aromatic rings. The normalized spacial score (nSPS) is 12.8. The molecule has 0 heterocycles. The van der Waals surface area contributed by atoms with E-state index >= 15 is 0 Å². The fraction of sp³-hybridized carbons (Fsp3) is 0.625. The molecule has 0 spiro atoms. The quantitative estimate of drug-likeness (QED) is 0.681. The molecule has 0 fully saturated rings. The molecule has 0 aromatic heterocycles. The van der Waals surface area contributed by atoms with Gasteiger partial charge in [-0.15, -0.1) is 0 Å². The molecule has 120 valence electrons. The molecule has 4 nitrogen and oxygen atoms in total. The molecule has 1 N–H and O–H groups in total. The first-order valence-electron chi connectivity index (χ1n) is 7.34. The van der Waals surface area contributed by atoms with Crippen molar-refractivity contribution in [3.8, 4) is 0 Å².